The number of esters is 1. The number of nitrogens with one attached hydrogen (secondary N) is 1. The maximum atomic E-state index is 12.3. The van der Waals surface area contributed by atoms with Crippen LogP contribution in [0.25, 0.3) is 0 Å². The zero-order chi connectivity index (χ0) is 17.1. The molecule has 0 saturated heterocycles. The van der Waals surface area contributed by atoms with Crippen molar-refractivity contribution in [2.24, 2.45) is 0 Å². The first-order chi connectivity index (χ1) is 10.8. The lowest BCUT2D eigenvalue weighted by atomic mass is 9.98. The summed E-state index contributed by atoms with van der Waals surface area (Å²) in [6.07, 6.45) is 1.46. The fourth-order valence-electron chi connectivity index (χ4n) is 2.15. The summed E-state index contributed by atoms with van der Waals surface area (Å²) in [5.74, 6) is -0.732. The van der Waals surface area contributed by atoms with E-state index in [0.717, 1.165) is 0 Å². The zero-order valence-corrected chi connectivity index (χ0v) is 14.0. The van der Waals surface area contributed by atoms with E-state index in [9.17, 15) is 14.7 Å². The van der Waals surface area contributed by atoms with E-state index >= 15 is 0 Å². The van der Waals surface area contributed by atoms with Crippen LogP contribution in [0.4, 0.5) is 0 Å². The number of furan rings is 1. The van der Waals surface area contributed by atoms with Crippen LogP contribution in [0.5, 0.6) is 0 Å². The standard InChI is InChI=1S/C16H19NO5S/c1-11(18)22-15(2,3)14(19)17-10-16(20,12-6-4-8-21-12)13-7-5-9-23-13/h4-9,20H,10H2,1-3H3,(H,17,19)/t16-/m0/s1. The van der Waals surface area contributed by atoms with Crippen LogP contribution in [0.15, 0.2) is 40.3 Å². The van der Waals surface area contributed by atoms with E-state index < -0.39 is 23.1 Å². The number of thiophene rings is 1. The van der Waals surface area contributed by atoms with Gasteiger partial charge in [0.15, 0.2) is 11.2 Å². The van der Waals surface area contributed by atoms with Gasteiger partial charge in [-0.05, 0) is 37.4 Å². The summed E-state index contributed by atoms with van der Waals surface area (Å²) in [7, 11) is 0. The largest absolute Gasteiger partial charge is 0.466 e. The molecule has 0 saturated carbocycles. The fourth-order valence-corrected chi connectivity index (χ4v) is 2.98. The molecule has 0 aliphatic carbocycles. The molecular formula is C16H19NO5S. The first kappa shape index (κ1) is 17.2. The van der Waals surface area contributed by atoms with Crippen molar-refractivity contribution in [1.29, 1.82) is 0 Å². The lowest BCUT2D eigenvalue weighted by molar-refractivity contribution is -0.163. The van der Waals surface area contributed by atoms with E-state index in [0.29, 0.717) is 10.6 Å². The van der Waals surface area contributed by atoms with Crippen LogP contribution in [-0.4, -0.2) is 29.1 Å². The molecule has 0 fully saturated rings. The fraction of sp³-hybridized carbons (Fsp3) is 0.375. The Kier molecular flexibility index (Phi) is 4.91. The second kappa shape index (κ2) is 6.55. The van der Waals surface area contributed by atoms with Crippen LogP contribution < -0.4 is 5.32 Å². The SMILES string of the molecule is CC(=O)OC(C)(C)C(=O)NC[C@](O)(c1ccco1)c1cccs1. The molecule has 7 heteroatoms. The maximum absolute atomic E-state index is 12.3. The van der Waals surface area contributed by atoms with Crippen molar-refractivity contribution in [2.45, 2.75) is 32.0 Å². The van der Waals surface area contributed by atoms with Gasteiger partial charge in [-0.1, -0.05) is 6.07 Å². The third kappa shape index (κ3) is 3.80. The molecular weight excluding hydrogens is 318 g/mol. The summed E-state index contributed by atoms with van der Waals surface area (Å²) in [4.78, 5) is 24.0. The molecule has 0 aromatic carbocycles. The Labute approximate surface area is 138 Å². The molecule has 2 rings (SSSR count). The molecule has 2 aromatic heterocycles. The van der Waals surface area contributed by atoms with E-state index in [4.69, 9.17) is 9.15 Å². The Morgan fingerprint density at radius 3 is 2.61 bits per heavy atom. The minimum Gasteiger partial charge on any atom is -0.466 e. The van der Waals surface area contributed by atoms with Gasteiger partial charge in [-0.3, -0.25) is 9.59 Å². The lowest BCUT2D eigenvalue weighted by Crippen LogP contribution is -2.50. The molecule has 2 aromatic rings. The van der Waals surface area contributed by atoms with Crippen molar-refractivity contribution >= 4 is 23.2 Å². The Balaban J connectivity index is 2.18. The number of hydrogen-bond acceptors (Lipinski definition) is 6. The van der Waals surface area contributed by atoms with Crippen molar-refractivity contribution in [3.8, 4) is 0 Å². The van der Waals surface area contributed by atoms with Gasteiger partial charge in [0, 0.05) is 11.8 Å². The minimum atomic E-state index is -1.49. The van der Waals surface area contributed by atoms with Gasteiger partial charge in [0.25, 0.3) is 5.91 Å². The van der Waals surface area contributed by atoms with Gasteiger partial charge in [-0.2, -0.15) is 0 Å². The van der Waals surface area contributed by atoms with Gasteiger partial charge >= 0.3 is 5.97 Å². The van der Waals surface area contributed by atoms with Crippen LogP contribution in [0.2, 0.25) is 0 Å². The van der Waals surface area contributed by atoms with Crippen LogP contribution in [0.3, 0.4) is 0 Å². The number of carbonyl (C=O) groups is 2. The molecule has 23 heavy (non-hydrogen) atoms. The molecule has 1 atom stereocenters. The van der Waals surface area contributed by atoms with Crippen LogP contribution >= 0.6 is 11.3 Å². The summed E-state index contributed by atoms with van der Waals surface area (Å²) in [5.41, 5.74) is -2.81. The number of rotatable bonds is 6. The molecule has 0 bridgehead atoms. The van der Waals surface area contributed by atoms with Gasteiger partial charge in [0.2, 0.25) is 0 Å². The Morgan fingerprint density at radius 1 is 1.35 bits per heavy atom. The van der Waals surface area contributed by atoms with E-state index in [1.165, 1.54) is 38.4 Å². The first-order valence-corrected chi connectivity index (χ1v) is 7.92. The topological polar surface area (TPSA) is 88.8 Å². The molecule has 2 N–H and O–H groups in total. The quantitative estimate of drug-likeness (QED) is 0.788. The van der Waals surface area contributed by atoms with E-state index in [1.54, 1.807) is 24.3 Å². The van der Waals surface area contributed by atoms with Gasteiger partial charge < -0.3 is 19.6 Å². The van der Waals surface area contributed by atoms with Crippen molar-refractivity contribution in [3.63, 3.8) is 0 Å². The molecule has 0 spiro atoms. The average molecular weight is 337 g/mol. The van der Waals surface area contributed by atoms with E-state index in [1.807, 2.05) is 5.38 Å². The highest BCUT2D eigenvalue weighted by molar-refractivity contribution is 7.10. The number of aliphatic hydroxyl groups is 1. The van der Waals surface area contributed by atoms with Crippen LogP contribution in [0, 0.1) is 0 Å². The minimum absolute atomic E-state index is 0.107. The van der Waals surface area contributed by atoms with Crippen molar-refractivity contribution in [3.05, 3.63) is 46.5 Å². The molecule has 6 nitrogen and oxygen atoms in total. The summed E-state index contributed by atoms with van der Waals surface area (Å²) in [5, 5.41) is 15.5. The normalized spacial score (nSPS) is 14.1. The predicted molar refractivity (Wildman–Crippen MR) is 84.9 cm³/mol. The highest BCUT2D eigenvalue weighted by atomic mass is 32.1. The Hall–Kier alpha value is -2.12. The Bertz CT molecular complexity index is 626. The highest BCUT2D eigenvalue weighted by Gasteiger charge is 2.38. The number of ether oxygens (including phenoxy) is 1. The molecule has 0 radical (unpaired) electrons. The molecule has 1 amide bonds. The molecule has 0 aliphatic rings. The summed E-state index contributed by atoms with van der Waals surface area (Å²) in [6.45, 7) is 4.10. The van der Waals surface area contributed by atoms with Crippen molar-refractivity contribution in [1.82, 2.24) is 5.32 Å². The van der Waals surface area contributed by atoms with Gasteiger partial charge in [0.05, 0.1) is 12.8 Å². The zero-order valence-electron chi connectivity index (χ0n) is 13.2. The third-order valence-corrected chi connectivity index (χ3v) is 4.33. The van der Waals surface area contributed by atoms with Crippen LogP contribution in [-0.2, 0) is 19.9 Å². The first-order valence-electron chi connectivity index (χ1n) is 7.04. The summed E-state index contributed by atoms with van der Waals surface area (Å²) < 4.78 is 10.3. The third-order valence-electron chi connectivity index (χ3n) is 3.31. The van der Waals surface area contributed by atoms with E-state index in [2.05, 4.69) is 5.32 Å². The van der Waals surface area contributed by atoms with Crippen LogP contribution in [0.1, 0.15) is 31.4 Å². The van der Waals surface area contributed by atoms with Gasteiger partial charge in [-0.25, -0.2) is 0 Å². The summed E-state index contributed by atoms with van der Waals surface area (Å²) in [6, 6.07) is 6.87. The molecule has 2 heterocycles. The monoisotopic (exact) mass is 337 g/mol. The number of amides is 1. The predicted octanol–water partition coefficient (Wildman–Crippen LogP) is 2.03. The van der Waals surface area contributed by atoms with Gasteiger partial charge in [0.1, 0.15) is 5.76 Å². The maximum Gasteiger partial charge on any atom is 0.303 e. The Morgan fingerprint density at radius 2 is 2.09 bits per heavy atom. The molecule has 0 unspecified atom stereocenters. The smallest absolute Gasteiger partial charge is 0.303 e. The highest BCUT2D eigenvalue weighted by Crippen LogP contribution is 2.32. The second-order valence-electron chi connectivity index (χ2n) is 5.60. The lowest BCUT2D eigenvalue weighted by Gasteiger charge is -2.28. The van der Waals surface area contributed by atoms with Crippen molar-refractivity contribution in [2.75, 3.05) is 6.54 Å². The van der Waals surface area contributed by atoms with E-state index in [-0.39, 0.29) is 6.54 Å². The van der Waals surface area contributed by atoms with Gasteiger partial charge in [-0.15, -0.1) is 11.3 Å². The average Bonchev–Trinajstić information content (AvgIpc) is 3.15. The molecule has 0 aliphatic heterocycles. The second-order valence-corrected chi connectivity index (χ2v) is 6.55. The summed E-state index contributed by atoms with van der Waals surface area (Å²) >= 11 is 1.35. The molecule has 124 valence electrons. The van der Waals surface area contributed by atoms with Crippen molar-refractivity contribution < 1.29 is 23.8 Å². The number of carbonyl (C=O) groups excluding carboxylic acids is 2. The number of hydrogen-bond donors (Lipinski definition) is 2.